The molecular weight excluding hydrogens is 256 g/mol. The normalized spacial score (nSPS) is 11.4. The fraction of sp³-hybridized carbons (Fsp3) is 0.467. The van der Waals surface area contributed by atoms with E-state index in [0.717, 1.165) is 6.42 Å². The van der Waals surface area contributed by atoms with Gasteiger partial charge in [0.25, 0.3) is 5.91 Å². The van der Waals surface area contributed by atoms with Crippen molar-refractivity contribution in [3.63, 3.8) is 0 Å². The fourth-order valence-corrected chi connectivity index (χ4v) is 1.58. The number of nitrogens with one attached hydrogen (secondary N) is 1. The zero-order valence-corrected chi connectivity index (χ0v) is 11.9. The maximum absolute atomic E-state index is 11.8. The molecule has 5 nitrogen and oxygen atoms in total. The molecule has 1 aromatic carbocycles. The van der Waals surface area contributed by atoms with Gasteiger partial charge in [0.15, 0.2) is 6.10 Å². The summed E-state index contributed by atoms with van der Waals surface area (Å²) < 4.78 is 10.7. The van der Waals surface area contributed by atoms with E-state index >= 15 is 0 Å². The van der Waals surface area contributed by atoms with Crippen molar-refractivity contribution in [3.8, 4) is 11.8 Å². The highest BCUT2D eigenvalue weighted by Gasteiger charge is 2.15. The Morgan fingerprint density at radius 2 is 2.20 bits per heavy atom. The van der Waals surface area contributed by atoms with Gasteiger partial charge in [-0.1, -0.05) is 12.1 Å². The number of carbonyl (C=O) groups excluding carboxylic acids is 1. The Hall–Kier alpha value is -2.06. The average Bonchev–Trinajstić information content (AvgIpc) is 2.47. The molecule has 5 heteroatoms. The highest BCUT2D eigenvalue weighted by Crippen LogP contribution is 2.17. The van der Waals surface area contributed by atoms with Crippen LogP contribution in [0.3, 0.4) is 0 Å². The summed E-state index contributed by atoms with van der Waals surface area (Å²) in [6, 6.07) is 8.89. The SMILES string of the molecule is CCOCCCNC(=O)C(C)Oc1ccccc1C#N. The molecule has 0 aliphatic rings. The van der Waals surface area contributed by atoms with Crippen LogP contribution in [-0.4, -0.2) is 31.8 Å². The second-order valence-electron chi connectivity index (χ2n) is 4.21. The number of hydrogen-bond acceptors (Lipinski definition) is 4. The first-order valence-corrected chi connectivity index (χ1v) is 6.70. The van der Waals surface area contributed by atoms with Gasteiger partial charge >= 0.3 is 0 Å². The van der Waals surface area contributed by atoms with Crippen LogP contribution in [-0.2, 0) is 9.53 Å². The van der Waals surface area contributed by atoms with E-state index in [-0.39, 0.29) is 5.91 Å². The van der Waals surface area contributed by atoms with Crippen molar-refractivity contribution in [3.05, 3.63) is 29.8 Å². The van der Waals surface area contributed by atoms with Crippen LogP contribution in [0.4, 0.5) is 0 Å². The number of rotatable bonds is 8. The molecule has 20 heavy (non-hydrogen) atoms. The number of para-hydroxylation sites is 1. The molecule has 1 aromatic rings. The van der Waals surface area contributed by atoms with Gasteiger partial charge in [0.1, 0.15) is 11.8 Å². The van der Waals surface area contributed by atoms with Crippen LogP contribution in [0.2, 0.25) is 0 Å². The minimum atomic E-state index is -0.642. The number of nitriles is 1. The number of ether oxygens (including phenoxy) is 2. The zero-order chi connectivity index (χ0) is 14.8. The molecule has 0 aliphatic heterocycles. The Labute approximate surface area is 119 Å². The predicted octanol–water partition coefficient (Wildman–Crippen LogP) is 1.87. The molecule has 1 amide bonds. The second-order valence-corrected chi connectivity index (χ2v) is 4.21. The molecule has 0 bridgehead atoms. The monoisotopic (exact) mass is 276 g/mol. The molecule has 108 valence electrons. The van der Waals surface area contributed by atoms with E-state index in [1.54, 1.807) is 31.2 Å². The first kappa shape index (κ1) is 16.0. The zero-order valence-electron chi connectivity index (χ0n) is 11.9. The Bertz CT molecular complexity index is 468. The smallest absolute Gasteiger partial charge is 0.260 e. The average molecular weight is 276 g/mol. The van der Waals surface area contributed by atoms with Crippen molar-refractivity contribution >= 4 is 5.91 Å². The number of hydrogen-bond donors (Lipinski definition) is 1. The fourth-order valence-electron chi connectivity index (χ4n) is 1.58. The van der Waals surface area contributed by atoms with Gasteiger partial charge < -0.3 is 14.8 Å². The summed E-state index contributed by atoms with van der Waals surface area (Å²) in [7, 11) is 0. The van der Waals surface area contributed by atoms with Crippen molar-refractivity contribution in [2.24, 2.45) is 0 Å². The lowest BCUT2D eigenvalue weighted by molar-refractivity contribution is -0.127. The lowest BCUT2D eigenvalue weighted by Crippen LogP contribution is -2.37. The van der Waals surface area contributed by atoms with Crippen LogP contribution < -0.4 is 10.1 Å². The van der Waals surface area contributed by atoms with E-state index in [4.69, 9.17) is 14.7 Å². The number of benzene rings is 1. The van der Waals surface area contributed by atoms with Gasteiger partial charge in [-0.2, -0.15) is 5.26 Å². The highest BCUT2D eigenvalue weighted by atomic mass is 16.5. The summed E-state index contributed by atoms with van der Waals surface area (Å²) in [6.07, 6.45) is 0.123. The van der Waals surface area contributed by atoms with Gasteiger partial charge in [-0.05, 0) is 32.4 Å². The molecule has 0 radical (unpaired) electrons. The lowest BCUT2D eigenvalue weighted by atomic mass is 10.2. The topological polar surface area (TPSA) is 71.3 Å². The Morgan fingerprint density at radius 1 is 1.45 bits per heavy atom. The molecule has 0 heterocycles. The second kappa shape index (κ2) is 8.94. The summed E-state index contributed by atoms with van der Waals surface area (Å²) in [6.45, 7) is 5.45. The van der Waals surface area contributed by atoms with Crippen LogP contribution in [0, 0.1) is 11.3 Å². The first-order chi connectivity index (χ1) is 9.69. The van der Waals surface area contributed by atoms with E-state index in [1.807, 2.05) is 13.0 Å². The first-order valence-electron chi connectivity index (χ1n) is 6.70. The molecule has 1 atom stereocenters. The van der Waals surface area contributed by atoms with Crippen LogP contribution in [0.15, 0.2) is 24.3 Å². The molecule has 1 rings (SSSR count). The third-order valence-electron chi connectivity index (χ3n) is 2.65. The van der Waals surface area contributed by atoms with Gasteiger partial charge in [-0.15, -0.1) is 0 Å². The van der Waals surface area contributed by atoms with Crippen LogP contribution >= 0.6 is 0 Å². The molecule has 1 unspecified atom stereocenters. The Morgan fingerprint density at radius 3 is 2.90 bits per heavy atom. The quantitative estimate of drug-likeness (QED) is 0.736. The van der Waals surface area contributed by atoms with Crippen molar-refractivity contribution in [2.75, 3.05) is 19.8 Å². The van der Waals surface area contributed by atoms with Gasteiger partial charge in [0.05, 0.1) is 5.56 Å². The predicted molar refractivity (Wildman–Crippen MR) is 75.4 cm³/mol. The van der Waals surface area contributed by atoms with Gasteiger partial charge in [0, 0.05) is 19.8 Å². The summed E-state index contributed by atoms with van der Waals surface area (Å²) >= 11 is 0. The third kappa shape index (κ3) is 5.29. The van der Waals surface area contributed by atoms with E-state index in [2.05, 4.69) is 5.32 Å². The molecule has 0 spiro atoms. The molecule has 0 fully saturated rings. The molecule has 0 aromatic heterocycles. The van der Waals surface area contributed by atoms with E-state index in [1.165, 1.54) is 0 Å². The van der Waals surface area contributed by atoms with Crippen LogP contribution in [0.1, 0.15) is 25.8 Å². The maximum atomic E-state index is 11.8. The standard InChI is InChI=1S/C15H20N2O3/c1-3-19-10-6-9-17-15(18)12(2)20-14-8-5-4-7-13(14)11-16/h4-5,7-8,12H,3,6,9-10H2,1-2H3,(H,17,18). The van der Waals surface area contributed by atoms with Crippen molar-refractivity contribution in [1.29, 1.82) is 5.26 Å². The summed E-state index contributed by atoms with van der Waals surface area (Å²) in [5.74, 6) is 0.223. The molecule has 0 aliphatic carbocycles. The molecule has 0 saturated carbocycles. The van der Waals surface area contributed by atoms with Gasteiger partial charge in [-0.3, -0.25) is 4.79 Å². The minimum Gasteiger partial charge on any atom is -0.480 e. The van der Waals surface area contributed by atoms with E-state index < -0.39 is 6.10 Å². The number of amides is 1. The summed E-state index contributed by atoms with van der Waals surface area (Å²) in [5, 5.41) is 11.7. The largest absolute Gasteiger partial charge is 0.480 e. The molecule has 1 N–H and O–H groups in total. The Balaban J connectivity index is 2.40. The third-order valence-corrected chi connectivity index (χ3v) is 2.65. The Kier molecular flexibility index (Phi) is 7.15. The maximum Gasteiger partial charge on any atom is 0.260 e. The van der Waals surface area contributed by atoms with Gasteiger partial charge in [-0.25, -0.2) is 0 Å². The number of carbonyl (C=O) groups is 1. The summed E-state index contributed by atoms with van der Waals surface area (Å²) in [5.41, 5.74) is 0.420. The molecule has 0 saturated heterocycles. The minimum absolute atomic E-state index is 0.200. The van der Waals surface area contributed by atoms with Crippen LogP contribution in [0.5, 0.6) is 5.75 Å². The van der Waals surface area contributed by atoms with Gasteiger partial charge in [0.2, 0.25) is 0 Å². The van der Waals surface area contributed by atoms with Crippen molar-refractivity contribution in [2.45, 2.75) is 26.4 Å². The van der Waals surface area contributed by atoms with Crippen LogP contribution in [0.25, 0.3) is 0 Å². The van der Waals surface area contributed by atoms with E-state index in [9.17, 15) is 4.79 Å². The van der Waals surface area contributed by atoms with Crippen molar-refractivity contribution < 1.29 is 14.3 Å². The molecular formula is C15H20N2O3. The number of nitrogens with zero attached hydrogens (tertiary/aromatic N) is 1. The van der Waals surface area contributed by atoms with E-state index in [0.29, 0.717) is 31.1 Å². The summed E-state index contributed by atoms with van der Waals surface area (Å²) in [4.78, 5) is 11.8. The highest BCUT2D eigenvalue weighted by molar-refractivity contribution is 5.80. The lowest BCUT2D eigenvalue weighted by Gasteiger charge is -2.15. The van der Waals surface area contributed by atoms with Crippen molar-refractivity contribution in [1.82, 2.24) is 5.32 Å².